The lowest BCUT2D eigenvalue weighted by molar-refractivity contribution is 0.0115. The average molecular weight is 277 g/mol. The molecule has 1 aliphatic rings. The van der Waals surface area contributed by atoms with E-state index in [0.717, 1.165) is 38.2 Å². The van der Waals surface area contributed by atoms with Crippen LogP contribution in [-0.4, -0.2) is 42.4 Å². The summed E-state index contributed by atoms with van der Waals surface area (Å²) in [6.07, 6.45) is 0.910. The van der Waals surface area contributed by atoms with E-state index in [9.17, 15) is 5.11 Å². The summed E-state index contributed by atoms with van der Waals surface area (Å²) in [6.45, 7) is 10.1. The second-order valence-electron chi connectivity index (χ2n) is 6.57. The molecule has 0 saturated carbocycles. The highest BCUT2D eigenvalue weighted by Crippen LogP contribution is 2.34. The summed E-state index contributed by atoms with van der Waals surface area (Å²) in [6, 6.07) is 9.95. The van der Waals surface area contributed by atoms with Gasteiger partial charge in [-0.15, -0.1) is 0 Å². The van der Waals surface area contributed by atoms with Crippen LogP contribution in [-0.2, 0) is 4.74 Å². The maximum Gasteiger partial charge on any atom is 0.0853 e. The fourth-order valence-corrected chi connectivity index (χ4v) is 2.97. The SMILES string of the molecule is CC1CN(CC(C)(C)C(O)c2ccccc2)CCCO1. The topological polar surface area (TPSA) is 32.7 Å². The maximum atomic E-state index is 10.7. The van der Waals surface area contributed by atoms with E-state index in [1.165, 1.54) is 0 Å². The largest absolute Gasteiger partial charge is 0.388 e. The molecule has 2 unspecified atom stereocenters. The lowest BCUT2D eigenvalue weighted by atomic mass is 9.82. The molecule has 112 valence electrons. The summed E-state index contributed by atoms with van der Waals surface area (Å²) in [5.74, 6) is 0. The summed E-state index contributed by atoms with van der Waals surface area (Å²) in [4.78, 5) is 2.42. The highest BCUT2D eigenvalue weighted by atomic mass is 16.5. The van der Waals surface area contributed by atoms with E-state index in [2.05, 4.69) is 25.7 Å². The summed E-state index contributed by atoms with van der Waals surface area (Å²) < 4.78 is 5.69. The normalized spacial score (nSPS) is 23.3. The van der Waals surface area contributed by atoms with Crippen molar-refractivity contribution in [2.75, 3.05) is 26.2 Å². The molecule has 1 N–H and O–H groups in total. The van der Waals surface area contributed by atoms with Gasteiger partial charge in [0.15, 0.2) is 0 Å². The highest BCUT2D eigenvalue weighted by molar-refractivity contribution is 5.19. The Kier molecular flexibility index (Phi) is 5.19. The third-order valence-electron chi connectivity index (χ3n) is 4.02. The molecule has 2 rings (SSSR count). The van der Waals surface area contributed by atoms with Crippen LogP contribution in [0.4, 0.5) is 0 Å². The molecule has 1 heterocycles. The van der Waals surface area contributed by atoms with Gasteiger partial charge in [-0.3, -0.25) is 0 Å². The lowest BCUT2D eigenvalue weighted by Gasteiger charge is -2.36. The molecule has 0 spiro atoms. The first-order chi connectivity index (χ1) is 9.49. The van der Waals surface area contributed by atoms with Gasteiger partial charge in [0.25, 0.3) is 0 Å². The third kappa shape index (κ3) is 4.05. The molecule has 0 aromatic heterocycles. The summed E-state index contributed by atoms with van der Waals surface area (Å²) in [5, 5.41) is 10.7. The Hall–Kier alpha value is -0.900. The second kappa shape index (κ2) is 6.70. The van der Waals surface area contributed by atoms with Crippen molar-refractivity contribution in [3.63, 3.8) is 0 Å². The molecular formula is C17H27NO2. The fraction of sp³-hybridized carbons (Fsp3) is 0.647. The summed E-state index contributed by atoms with van der Waals surface area (Å²) >= 11 is 0. The number of ether oxygens (including phenoxy) is 1. The first-order valence-electron chi connectivity index (χ1n) is 7.56. The monoisotopic (exact) mass is 277 g/mol. The lowest BCUT2D eigenvalue weighted by Crippen LogP contribution is -2.40. The Morgan fingerprint density at radius 3 is 2.75 bits per heavy atom. The van der Waals surface area contributed by atoms with Crippen LogP contribution in [0.1, 0.15) is 38.9 Å². The van der Waals surface area contributed by atoms with Gasteiger partial charge in [0.1, 0.15) is 0 Å². The molecule has 1 fully saturated rings. The number of aliphatic hydroxyl groups excluding tert-OH is 1. The van der Waals surface area contributed by atoms with E-state index in [-0.39, 0.29) is 11.5 Å². The molecule has 3 nitrogen and oxygen atoms in total. The van der Waals surface area contributed by atoms with Gasteiger partial charge >= 0.3 is 0 Å². The van der Waals surface area contributed by atoms with Crippen LogP contribution in [0.25, 0.3) is 0 Å². The van der Waals surface area contributed by atoms with Crippen LogP contribution in [0, 0.1) is 5.41 Å². The molecule has 0 amide bonds. The standard InChI is InChI=1S/C17H27NO2/c1-14-12-18(10-7-11-20-14)13-17(2,3)16(19)15-8-5-4-6-9-15/h4-6,8-9,14,16,19H,7,10-13H2,1-3H3. The van der Waals surface area contributed by atoms with Crippen LogP contribution in [0.15, 0.2) is 30.3 Å². The van der Waals surface area contributed by atoms with E-state index in [1.807, 2.05) is 30.3 Å². The van der Waals surface area contributed by atoms with Gasteiger partial charge in [-0.1, -0.05) is 44.2 Å². The average Bonchev–Trinajstić information content (AvgIpc) is 2.62. The van der Waals surface area contributed by atoms with Gasteiger partial charge in [0.05, 0.1) is 12.2 Å². The Morgan fingerprint density at radius 2 is 2.05 bits per heavy atom. The number of rotatable bonds is 4. The molecule has 1 saturated heterocycles. The maximum absolute atomic E-state index is 10.7. The van der Waals surface area contributed by atoms with Crippen molar-refractivity contribution < 1.29 is 9.84 Å². The number of nitrogens with zero attached hydrogens (tertiary/aromatic N) is 1. The summed E-state index contributed by atoms with van der Waals surface area (Å²) in [7, 11) is 0. The van der Waals surface area contributed by atoms with E-state index in [1.54, 1.807) is 0 Å². The minimum absolute atomic E-state index is 0.175. The van der Waals surface area contributed by atoms with Crippen LogP contribution in [0.5, 0.6) is 0 Å². The van der Waals surface area contributed by atoms with Gasteiger partial charge in [-0.25, -0.2) is 0 Å². The molecule has 0 aliphatic carbocycles. The van der Waals surface area contributed by atoms with Crippen molar-refractivity contribution in [2.45, 2.75) is 39.4 Å². The highest BCUT2D eigenvalue weighted by Gasteiger charge is 2.32. The van der Waals surface area contributed by atoms with Crippen molar-refractivity contribution in [3.8, 4) is 0 Å². The fourth-order valence-electron chi connectivity index (χ4n) is 2.97. The number of hydrogen-bond acceptors (Lipinski definition) is 3. The molecule has 0 radical (unpaired) electrons. The zero-order valence-electron chi connectivity index (χ0n) is 12.9. The Labute approximate surface area is 122 Å². The Balaban J connectivity index is 2.02. The molecule has 1 aromatic rings. The minimum Gasteiger partial charge on any atom is -0.388 e. The molecule has 0 bridgehead atoms. The number of benzene rings is 1. The smallest absolute Gasteiger partial charge is 0.0853 e. The van der Waals surface area contributed by atoms with Gasteiger partial charge < -0.3 is 14.7 Å². The van der Waals surface area contributed by atoms with Crippen LogP contribution >= 0.6 is 0 Å². The molecule has 1 aliphatic heterocycles. The van der Waals surface area contributed by atoms with Crippen molar-refractivity contribution in [2.24, 2.45) is 5.41 Å². The number of hydrogen-bond donors (Lipinski definition) is 1. The van der Waals surface area contributed by atoms with E-state index < -0.39 is 6.10 Å². The molecular weight excluding hydrogens is 250 g/mol. The van der Waals surface area contributed by atoms with Crippen LogP contribution in [0.3, 0.4) is 0 Å². The minimum atomic E-state index is -0.442. The first kappa shape index (κ1) is 15.5. The Morgan fingerprint density at radius 1 is 1.35 bits per heavy atom. The predicted molar refractivity (Wildman–Crippen MR) is 81.7 cm³/mol. The van der Waals surface area contributed by atoms with E-state index in [0.29, 0.717) is 0 Å². The molecule has 3 heteroatoms. The predicted octanol–water partition coefficient (Wildman–Crippen LogP) is 2.86. The van der Waals surface area contributed by atoms with Crippen LogP contribution in [0.2, 0.25) is 0 Å². The van der Waals surface area contributed by atoms with Gasteiger partial charge in [-0.2, -0.15) is 0 Å². The Bertz CT molecular complexity index is 405. The first-order valence-corrected chi connectivity index (χ1v) is 7.56. The third-order valence-corrected chi connectivity index (χ3v) is 4.02. The summed E-state index contributed by atoms with van der Waals surface area (Å²) in [5.41, 5.74) is 0.822. The van der Waals surface area contributed by atoms with Crippen molar-refractivity contribution >= 4 is 0 Å². The van der Waals surface area contributed by atoms with Crippen molar-refractivity contribution in [3.05, 3.63) is 35.9 Å². The number of aliphatic hydroxyl groups is 1. The van der Waals surface area contributed by atoms with E-state index in [4.69, 9.17) is 4.74 Å². The second-order valence-corrected chi connectivity index (χ2v) is 6.57. The van der Waals surface area contributed by atoms with Crippen molar-refractivity contribution in [1.29, 1.82) is 0 Å². The van der Waals surface area contributed by atoms with Gasteiger partial charge in [0.2, 0.25) is 0 Å². The molecule has 1 aromatic carbocycles. The van der Waals surface area contributed by atoms with E-state index >= 15 is 0 Å². The quantitative estimate of drug-likeness (QED) is 0.918. The molecule has 20 heavy (non-hydrogen) atoms. The zero-order valence-corrected chi connectivity index (χ0v) is 12.9. The van der Waals surface area contributed by atoms with Gasteiger partial charge in [0, 0.05) is 31.7 Å². The molecule has 2 atom stereocenters. The van der Waals surface area contributed by atoms with Gasteiger partial charge in [-0.05, 0) is 18.9 Å². The van der Waals surface area contributed by atoms with Crippen molar-refractivity contribution in [1.82, 2.24) is 4.90 Å². The zero-order chi connectivity index (χ0) is 14.6. The van der Waals surface area contributed by atoms with Crippen LogP contribution < -0.4 is 0 Å².